The Morgan fingerprint density at radius 2 is 1.93 bits per heavy atom. The summed E-state index contributed by atoms with van der Waals surface area (Å²) in [5, 5.41) is 3.32. The number of rotatable bonds is 4. The highest BCUT2D eigenvalue weighted by Gasteiger charge is 2.19. The molecule has 0 fully saturated rings. The highest BCUT2D eigenvalue weighted by Crippen LogP contribution is 2.30. The lowest BCUT2D eigenvalue weighted by Gasteiger charge is -2.16. The fourth-order valence-electron chi connectivity index (χ4n) is 2.02. The Morgan fingerprint density at radius 1 is 1.33 bits per heavy atom. The van der Waals surface area contributed by atoms with Crippen LogP contribution in [0, 0.1) is 20.8 Å². The Kier molecular flexibility index (Phi) is 3.75. The molecule has 1 rings (SSSR count). The van der Waals surface area contributed by atoms with Crippen LogP contribution in [-0.4, -0.2) is 7.05 Å². The normalized spacial score (nSPS) is 12.9. The maximum absolute atomic E-state index is 5.64. The second-order valence-electron chi connectivity index (χ2n) is 4.26. The van der Waals surface area contributed by atoms with E-state index in [0.29, 0.717) is 6.04 Å². The zero-order valence-corrected chi connectivity index (χ0v) is 10.4. The highest BCUT2D eigenvalue weighted by atomic mass is 16.3. The first-order chi connectivity index (χ1) is 6.97. The fourth-order valence-corrected chi connectivity index (χ4v) is 2.02. The first kappa shape index (κ1) is 12.1. The fraction of sp³-hybridized carbons (Fsp3) is 0.538. The molecular formula is C13H21NO. The predicted octanol–water partition coefficient (Wildman–Crippen LogP) is 3.43. The topological polar surface area (TPSA) is 25.2 Å². The van der Waals surface area contributed by atoms with Crippen LogP contribution in [0.3, 0.4) is 0 Å². The lowest BCUT2D eigenvalue weighted by atomic mass is 9.97. The second kappa shape index (κ2) is 4.67. The number of nitrogens with one attached hydrogen (secondary N) is 1. The second-order valence-corrected chi connectivity index (χ2v) is 4.26. The van der Waals surface area contributed by atoms with Crippen molar-refractivity contribution in [3.05, 3.63) is 34.8 Å². The molecule has 84 valence electrons. The summed E-state index contributed by atoms with van der Waals surface area (Å²) in [6.07, 6.45) is 0.956. The third-order valence-electron chi connectivity index (χ3n) is 2.87. The minimum atomic E-state index is 0.319. The summed E-state index contributed by atoms with van der Waals surface area (Å²) in [5.41, 5.74) is 3.73. The molecular weight excluding hydrogens is 186 g/mol. The zero-order valence-electron chi connectivity index (χ0n) is 10.4. The Balaban J connectivity index is 3.06. The van der Waals surface area contributed by atoms with E-state index in [4.69, 9.17) is 4.42 Å². The van der Waals surface area contributed by atoms with E-state index in [1.807, 2.05) is 20.9 Å². The van der Waals surface area contributed by atoms with Gasteiger partial charge in [0.2, 0.25) is 0 Å². The molecule has 1 aromatic heterocycles. The van der Waals surface area contributed by atoms with Crippen molar-refractivity contribution in [2.75, 3.05) is 7.05 Å². The maximum atomic E-state index is 5.64. The molecule has 0 radical (unpaired) electrons. The van der Waals surface area contributed by atoms with Gasteiger partial charge in [-0.15, -0.1) is 6.58 Å². The monoisotopic (exact) mass is 207 g/mol. The van der Waals surface area contributed by atoms with Crippen LogP contribution in [0.1, 0.15) is 42.0 Å². The van der Waals surface area contributed by atoms with Crippen LogP contribution < -0.4 is 5.32 Å². The van der Waals surface area contributed by atoms with Gasteiger partial charge in [-0.1, -0.05) is 5.57 Å². The highest BCUT2D eigenvalue weighted by molar-refractivity contribution is 5.34. The van der Waals surface area contributed by atoms with Crippen LogP contribution in [0.5, 0.6) is 0 Å². The molecule has 1 unspecified atom stereocenters. The predicted molar refractivity (Wildman–Crippen MR) is 64.2 cm³/mol. The largest absolute Gasteiger partial charge is 0.466 e. The lowest BCUT2D eigenvalue weighted by Crippen LogP contribution is -2.17. The summed E-state index contributed by atoms with van der Waals surface area (Å²) < 4.78 is 5.64. The molecule has 0 aliphatic carbocycles. The molecule has 1 N–H and O–H groups in total. The van der Waals surface area contributed by atoms with Gasteiger partial charge in [0, 0.05) is 11.6 Å². The van der Waals surface area contributed by atoms with Crippen LogP contribution in [0.15, 0.2) is 16.6 Å². The van der Waals surface area contributed by atoms with Crippen molar-refractivity contribution in [3.63, 3.8) is 0 Å². The summed E-state index contributed by atoms with van der Waals surface area (Å²) in [7, 11) is 1.98. The molecule has 0 bridgehead atoms. The molecule has 0 aliphatic heterocycles. The SMILES string of the molecule is C=C(C)CC(NC)c1c(C)oc(C)c1C. The molecule has 2 heteroatoms. The molecule has 0 amide bonds. The molecule has 2 nitrogen and oxygen atoms in total. The van der Waals surface area contributed by atoms with Crippen molar-refractivity contribution in [3.8, 4) is 0 Å². The maximum Gasteiger partial charge on any atom is 0.106 e. The van der Waals surface area contributed by atoms with E-state index in [2.05, 4.69) is 25.7 Å². The lowest BCUT2D eigenvalue weighted by molar-refractivity contribution is 0.489. The molecule has 0 saturated carbocycles. The van der Waals surface area contributed by atoms with Gasteiger partial charge in [-0.05, 0) is 46.7 Å². The van der Waals surface area contributed by atoms with E-state index in [-0.39, 0.29) is 0 Å². The van der Waals surface area contributed by atoms with Crippen molar-refractivity contribution in [1.82, 2.24) is 5.32 Å². The van der Waals surface area contributed by atoms with E-state index < -0.39 is 0 Å². The molecule has 1 aromatic rings. The first-order valence-corrected chi connectivity index (χ1v) is 5.35. The molecule has 0 aromatic carbocycles. The Bertz CT molecular complexity index is 363. The summed E-state index contributed by atoms with van der Waals surface area (Å²) in [6, 6.07) is 0.319. The van der Waals surface area contributed by atoms with Crippen LogP contribution in [-0.2, 0) is 0 Å². The van der Waals surface area contributed by atoms with E-state index >= 15 is 0 Å². The van der Waals surface area contributed by atoms with Crippen LogP contribution >= 0.6 is 0 Å². The third kappa shape index (κ3) is 2.51. The number of furan rings is 1. The van der Waals surface area contributed by atoms with Crippen molar-refractivity contribution in [1.29, 1.82) is 0 Å². The molecule has 1 atom stereocenters. The summed E-state index contributed by atoms with van der Waals surface area (Å²) in [6.45, 7) is 12.2. The van der Waals surface area contributed by atoms with Gasteiger partial charge in [0.1, 0.15) is 11.5 Å². The Morgan fingerprint density at radius 3 is 2.27 bits per heavy atom. The van der Waals surface area contributed by atoms with Gasteiger partial charge in [-0.2, -0.15) is 0 Å². The number of hydrogen-bond acceptors (Lipinski definition) is 2. The van der Waals surface area contributed by atoms with Crippen molar-refractivity contribution >= 4 is 0 Å². The quantitative estimate of drug-likeness (QED) is 0.765. The minimum absolute atomic E-state index is 0.319. The van der Waals surface area contributed by atoms with Gasteiger partial charge in [0.15, 0.2) is 0 Å². The molecule has 0 spiro atoms. The number of aryl methyl sites for hydroxylation is 2. The summed E-state index contributed by atoms with van der Waals surface area (Å²) in [4.78, 5) is 0. The van der Waals surface area contributed by atoms with E-state index in [9.17, 15) is 0 Å². The van der Waals surface area contributed by atoms with Crippen LogP contribution in [0.4, 0.5) is 0 Å². The van der Waals surface area contributed by atoms with Crippen molar-refractivity contribution < 1.29 is 4.42 Å². The van der Waals surface area contributed by atoms with Gasteiger partial charge in [0.25, 0.3) is 0 Å². The smallest absolute Gasteiger partial charge is 0.106 e. The van der Waals surface area contributed by atoms with E-state index in [1.165, 1.54) is 16.7 Å². The molecule has 0 aliphatic rings. The zero-order chi connectivity index (χ0) is 11.6. The van der Waals surface area contributed by atoms with E-state index in [1.54, 1.807) is 0 Å². The molecule has 0 saturated heterocycles. The van der Waals surface area contributed by atoms with E-state index in [0.717, 1.165) is 17.9 Å². The average Bonchev–Trinajstić information content (AvgIpc) is 2.38. The van der Waals surface area contributed by atoms with Gasteiger partial charge < -0.3 is 9.73 Å². The first-order valence-electron chi connectivity index (χ1n) is 5.35. The minimum Gasteiger partial charge on any atom is -0.466 e. The van der Waals surface area contributed by atoms with Crippen molar-refractivity contribution in [2.24, 2.45) is 0 Å². The van der Waals surface area contributed by atoms with Gasteiger partial charge in [-0.3, -0.25) is 0 Å². The summed E-state index contributed by atoms with van der Waals surface area (Å²) in [5.74, 6) is 2.04. The van der Waals surface area contributed by atoms with Crippen LogP contribution in [0.2, 0.25) is 0 Å². The average molecular weight is 207 g/mol. The molecule has 1 heterocycles. The summed E-state index contributed by atoms with van der Waals surface area (Å²) >= 11 is 0. The van der Waals surface area contributed by atoms with Crippen LogP contribution in [0.25, 0.3) is 0 Å². The molecule has 15 heavy (non-hydrogen) atoms. The number of hydrogen-bond donors (Lipinski definition) is 1. The standard InChI is InChI=1S/C13H21NO/c1-8(2)7-12(14-6)13-9(3)10(4)15-11(13)5/h12,14H,1,7H2,2-6H3. The van der Waals surface area contributed by atoms with Gasteiger partial charge in [0.05, 0.1) is 0 Å². The van der Waals surface area contributed by atoms with Crippen molar-refractivity contribution in [2.45, 2.75) is 40.2 Å². The third-order valence-corrected chi connectivity index (χ3v) is 2.87. The Hall–Kier alpha value is -1.02. The Labute approximate surface area is 92.4 Å². The van der Waals surface area contributed by atoms with Gasteiger partial charge in [-0.25, -0.2) is 0 Å². The van der Waals surface area contributed by atoms with Gasteiger partial charge >= 0.3 is 0 Å².